The second-order valence-corrected chi connectivity index (χ2v) is 9.17. The van der Waals surface area contributed by atoms with Crippen LogP contribution >= 0.6 is 0 Å². The first-order chi connectivity index (χ1) is 18.5. The molecule has 2 aliphatic rings. The Labute approximate surface area is 218 Å². The Balaban J connectivity index is 1.58. The van der Waals surface area contributed by atoms with Crippen molar-refractivity contribution in [3.8, 4) is 11.5 Å². The Morgan fingerprint density at radius 2 is 1.71 bits per heavy atom. The number of ether oxygens (including phenoxy) is 3. The Kier molecular flexibility index (Phi) is 5.56. The predicted molar refractivity (Wildman–Crippen MR) is 140 cm³/mol. The monoisotopic (exact) mass is 511 g/mol. The normalized spacial score (nSPS) is 18.4. The number of aromatic amines is 1. The summed E-state index contributed by atoms with van der Waals surface area (Å²) >= 11 is 0. The van der Waals surface area contributed by atoms with Crippen LogP contribution in [0.1, 0.15) is 33.2 Å². The van der Waals surface area contributed by atoms with Crippen LogP contribution in [-0.2, 0) is 16.0 Å². The highest BCUT2D eigenvalue weighted by molar-refractivity contribution is 6.23. The highest BCUT2D eigenvalue weighted by Gasteiger charge is 2.54. The smallest absolute Gasteiger partial charge is 0.339 e. The number of nitrogens with zero attached hydrogens (tertiary/aromatic N) is 2. The third kappa shape index (κ3) is 3.35. The molecule has 9 heteroatoms. The number of amides is 3. The lowest BCUT2D eigenvalue weighted by atomic mass is 9.88. The van der Waals surface area contributed by atoms with Gasteiger partial charge in [-0.25, -0.2) is 14.5 Å². The standard InChI is InChI=1S/C29H25N3O6/c1-36-16-12-13-24(37-2)20(14-16)26-25-19(17-8-4-6-10-21(17)30-25)15-23-27(33)32(29(35)31(23)26)22-11-7-5-9-18(22)28(34)38-3/h4-14,23,26,30H,15H2,1-3H3/t23-,26?/m1/s1. The van der Waals surface area contributed by atoms with Gasteiger partial charge in [-0.1, -0.05) is 30.3 Å². The minimum Gasteiger partial charge on any atom is -0.497 e. The number of anilines is 1. The first-order valence-electron chi connectivity index (χ1n) is 12.1. The second-order valence-electron chi connectivity index (χ2n) is 9.17. The summed E-state index contributed by atoms with van der Waals surface area (Å²) in [6.45, 7) is 0. The van der Waals surface area contributed by atoms with Crippen molar-refractivity contribution in [1.29, 1.82) is 0 Å². The molecule has 3 heterocycles. The summed E-state index contributed by atoms with van der Waals surface area (Å²) in [5, 5.41) is 0.989. The molecule has 6 rings (SSSR count). The molecule has 9 nitrogen and oxygen atoms in total. The lowest BCUT2D eigenvalue weighted by Gasteiger charge is -2.36. The molecule has 1 saturated heterocycles. The average molecular weight is 512 g/mol. The highest BCUT2D eigenvalue weighted by atomic mass is 16.5. The number of H-pyrrole nitrogens is 1. The number of benzene rings is 3. The predicted octanol–water partition coefficient (Wildman–Crippen LogP) is 4.45. The highest BCUT2D eigenvalue weighted by Crippen LogP contribution is 2.47. The molecule has 2 aliphatic heterocycles. The largest absolute Gasteiger partial charge is 0.497 e. The van der Waals surface area contributed by atoms with Crippen molar-refractivity contribution >= 4 is 34.5 Å². The Morgan fingerprint density at radius 3 is 2.47 bits per heavy atom. The van der Waals surface area contributed by atoms with Crippen LogP contribution in [0.4, 0.5) is 10.5 Å². The van der Waals surface area contributed by atoms with Crippen molar-refractivity contribution in [3.05, 3.63) is 89.1 Å². The number of esters is 1. The van der Waals surface area contributed by atoms with E-state index in [1.54, 1.807) is 49.5 Å². The Hall–Kier alpha value is -4.79. The molecule has 1 aromatic heterocycles. The number of carbonyl (C=O) groups excluding carboxylic acids is 3. The molecule has 38 heavy (non-hydrogen) atoms. The maximum absolute atomic E-state index is 14.2. The van der Waals surface area contributed by atoms with Crippen LogP contribution in [0.5, 0.6) is 11.5 Å². The van der Waals surface area contributed by atoms with E-state index >= 15 is 0 Å². The number of hydrogen-bond acceptors (Lipinski definition) is 6. The quantitative estimate of drug-likeness (QED) is 0.314. The van der Waals surface area contributed by atoms with E-state index in [2.05, 4.69) is 4.98 Å². The van der Waals surface area contributed by atoms with Gasteiger partial charge in [0.15, 0.2) is 0 Å². The molecule has 0 spiro atoms. The minimum atomic E-state index is -0.791. The first kappa shape index (κ1) is 23.6. The van der Waals surface area contributed by atoms with Gasteiger partial charge in [-0.05, 0) is 42.0 Å². The van der Waals surface area contributed by atoms with E-state index in [0.29, 0.717) is 23.5 Å². The third-order valence-corrected chi connectivity index (χ3v) is 7.33. The van der Waals surface area contributed by atoms with Gasteiger partial charge in [0.1, 0.15) is 23.6 Å². The van der Waals surface area contributed by atoms with Crippen molar-refractivity contribution in [1.82, 2.24) is 9.88 Å². The molecule has 2 atom stereocenters. The molecular weight excluding hydrogens is 486 g/mol. The lowest BCUT2D eigenvalue weighted by Crippen LogP contribution is -2.44. The molecule has 3 aromatic carbocycles. The van der Waals surface area contributed by atoms with E-state index in [9.17, 15) is 14.4 Å². The number of imide groups is 1. The van der Waals surface area contributed by atoms with E-state index in [-0.39, 0.29) is 11.3 Å². The molecule has 3 amide bonds. The number of aromatic nitrogens is 1. The Morgan fingerprint density at radius 1 is 0.947 bits per heavy atom. The lowest BCUT2D eigenvalue weighted by molar-refractivity contribution is -0.120. The van der Waals surface area contributed by atoms with Gasteiger partial charge in [0.25, 0.3) is 5.91 Å². The number of urea groups is 1. The molecule has 0 bridgehead atoms. The fourth-order valence-electron chi connectivity index (χ4n) is 5.63. The summed E-state index contributed by atoms with van der Waals surface area (Å²) in [6, 6.07) is 17.7. The van der Waals surface area contributed by atoms with E-state index in [1.807, 2.05) is 30.3 Å². The zero-order valence-electron chi connectivity index (χ0n) is 21.1. The van der Waals surface area contributed by atoms with Gasteiger partial charge in [0.05, 0.1) is 32.6 Å². The van der Waals surface area contributed by atoms with E-state index in [4.69, 9.17) is 14.2 Å². The fraction of sp³-hybridized carbons (Fsp3) is 0.207. The van der Waals surface area contributed by atoms with Gasteiger partial charge in [-0.2, -0.15) is 0 Å². The third-order valence-electron chi connectivity index (χ3n) is 7.33. The number of para-hydroxylation sites is 2. The summed E-state index contributed by atoms with van der Waals surface area (Å²) < 4.78 is 16.1. The molecule has 4 aromatic rings. The first-order valence-corrected chi connectivity index (χ1v) is 12.1. The van der Waals surface area contributed by atoms with Crippen LogP contribution in [0.15, 0.2) is 66.7 Å². The van der Waals surface area contributed by atoms with Gasteiger partial charge in [0.2, 0.25) is 0 Å². The zero-order valence-corrected chi connectivity index (χ0v) is 21.1. The van der Waals surface area contributed by atoms with Crippen molar-refractivity contribution in [2.45, 2.75) is 18.5 Å². The maximum Gasteiger partial charge on any atom is 0.339 e. The van der Waals surface area contributed by atoms with Crippen LogP contribution in [0, 0.1) is 0 Å². The molecule has 1 unspecified atom stereocenters. The SMILES string of the molecule is COC(=O)c1ccccc1N1C(=O)[C@H]2Cc3c([nH]c4ccccc34)C(c3cc(OC)ccc3OC)N2C1=O. The van der Waals surface area contributed by atoms with E-state index in [1.165, 1.54) is 13.2 Å². The summed E-state index contributed by atoms with van der Waals surface area (Å²) in [6.07, 6.45) is 0.323. The number of carbonyl (C=O) groups is 3. The van der Waals surface area contributed by atoms with Crippen molar-refractivity contribution in [2.24, 2.45) is 0 Å². The number of fused-ring (bicyclic) bond motifs is 4. The van der Waals surface area contributed by atoms with Gasteiger partial charge < -0.3 is 19.2 Å². The molecule has 0 radical (unpaired) electrons. The average Bonchev–Trinajstić information content (AvgIpc) is 3.45. The second kappa shape index (κ2) is 8.95. The molecule has 192 valence electrons. The summed E-state index contributed by atoms with van der Waals surface area (Å²) in [7, 11) is 4.39. The maximum atomic E-state index is 14.2. The van der Waals surface area contributed by atoms with Crippen LogP contribution in [0.2, 0.25) is 0 Å². The van der Waals surface area contributed by atoms with Crippen LogP contribution in [0.3, 0.4) is 0 Å². The molecule has 0 aliphatic carbocycles. The summed E-state index contributed by atoms with van der Waals surface area (Å²) in [5.74, 6) is 0.101. The van der Waals surface area contributed by atoms with Gasteiger partial charge in [-0.15, -0.1) is 0 Å². The topological polar surface area (TPSA) is 101 Å². The minimum absolute atomic E-state index is 0.135. The van der Waals surface area contributed by atoms with E-state index < -0.39 is 30.0 Å². The van der Waals surface area contributed by atoms with Crippen LogP contribution in [0.25, 0.3) is 10.9 Å². The number of rotatable bonds is 5. The van der Waals surface area contributed by atoms with E-state index in [0.717, 1.165) is 27.1 Å². The molecule has 0 saturated carbocycles. The van der Waals surface area contributed by atoms with Gasteiger partial charge >= 0.3 is 12.0 Å². The summed E-state index contributed by atoms with van der Waals surface area (Å²) in [4.78, 5) is 46.8. The number of nitrogens with one attached hydrogen (secondary N) is 1. The van der Waals surface area contributed by atoms with Crippen molar-refractivity contribution in [3.63, 3.8) is 0 Å². The number of methoxy groups -OCH3 is 3. The zero-order chi connectivity index (χ0) is 26.6. The number of hydrogen-bond donors (Lipinski definition) is 1. The molecular formula is C29H25N3O6. The van der Waals surface area contributed by atoms with Crippen molar-refractivity contribution < 1.29 is 28.6 Å². The fourth-order valence-corrected chi connectivity index (χ4v) is 5.63. The van der Waals surface area contributed by atoms with Crippen molar-refractivity contribution in [2.75, 3.05) is 26.2 Å². The summed E-state index contributed by atoms with van der Waals surface area (Å²) in [5.41, 5.74) is 3.68. The molecule has 1 N–H and O–H groups in total. The van der Waals surface area contributed by atoms with Crippen LogP contribution in [-0.4, -0.2) is 55.2 Å². The van der Waals surface area contributed by atoms with Gasteiger partial charge in [-0.3, -0.25) is 9.69 Å². The van der Waals surface area contributed by atoms with Crippen LogP contribution < -0.4 is 14.4 Å². The Bertz CT molecular complexity index is 1610. The van der Waals surface area contributed by atoms with Gasteiger partial charge in [0, 0.05) is 28.6 Å². The molecule has 1 fully saturated rings.